The van der Waals surface area contributed by atoms with Crippen molar-refractivity contribution in [3.63, 3.8) is 0 Å². The first-order valence-corrected chi connectivity index (χ1v) is 8.78. The Morgan fingerprint density at radius 1 is 1.21 bits per heavy atom. The third-order valence-corrected chi connectivity index (χ3v) is 4.39. The summed E-state index contributed by atoms with van der Waals surface area (Å²) >= 11 is 1.62. The Bertz CT molecular complexity index is 937. The summed E-state index contributed by atoms with van der Waals surface area (Å²) in [5.74, 6) is -0.131. The SMILES string of the molecule is CSc1cccc(NC(=O)CCn2cnc3ccccc3c2=O)c1. The molecule has 0 radical (unpaired) electrons. The van der Waals surface area contributed by atoms with E-state index < -0.39 is 0 Å². The van der Waals surface area contributed by atoms with Crippen LogP contribution >= 0.6 is 11.8 Å². The van der Waals surface area contributed by atoms with Crippen LogP contribution in [0.2, 0.25) is 0 Å². The Morgan fingerprint density at radius 3 is 2.88 bits per heavy atom. The van der Waals surface area contributed by atoms with E-state index in [2.05, 4.69) is 10.3 Å². The van der Waals surface area contributed by atoms with Gasteiger partial charge in [0.2, 0.25) is 5.91 Å². The van der Waals surface area contributed by atoms with E-state index in [1.54, 1.807) is 30.0 Å². The Kier molecular flexibility index (Phi) is 4.96. The minimum Gasteiger partial charge on any atom is -0.326 e. The van der Waals surface area contributed by atoms with Crippen LogP contribution in [0.25, 0.3) is 10.9 Å². The van der Waals surface area contributed by atoms with Crippen molar-refractivity contribution < 1.29 is 4.79 Å². The molecule has 3 aromatic rings. The summed E-state index contributed by atoms with van der Waals surface area (Å²) in [5, 5.41) is 3.42. The van der Waals surface area contributed by atoms with Crippen LogP contribution in [-0.2, 0) is 11.3 Å². The highest BCUT2D eigenvalue weighted by molar-refractivity contribution is 7.98. The summed E-state index contributed by atoms with van der Waals surface area (Å²) in [6, 6.07) is 14.9. The van der Waals surface area contributed by atoms with E-state index in [4.69, 9.17) is 0 Å². The number of anilines is 1. The molecular formula is C18H17N3O2S. The van der Waals surface area contributed by atoms with Gasteiger partial charge in [0.15, 0.2) is 0 Å². The van der Waals surface area contributed by atoms with E-state index in [0.717, 1.165) is 10.6 Å². The highest BCUT2D eigenvalue weighted by Gasteiger charge is 2.07. The molecule has 122 valence electrons. The van der Waals surface area contributed by atoms with E-state index in [1.807, 2.05) is 36.6 Å². The van der Waals surface area contributed by atoms with Crippen LogP contribution in [0.3, 0.4) is 0 Å². The number of fused-ring (bicyclic) bond motifs is 1. The molecule has 0 aliphatic carbocycles. The fraction of sp³-hybridized carbons (Fsp3) is 0.167. The number of thioether (sulfide) groups is 1. The van der Waals surface area contributed by atoms with Crippen LogP contribution in [0.4, 0.5) is 5.69 Å². The molecule has 1 heterocycles. The number of nitrogens with zero attached hydrogens (tertiary/aromatic N) is 2. The van der Waals surface area contributed by atoms with Crippen LogP contribution < -0.4 is 10.9 Å². The number of para-hydroxylation sites is 1. The molecule has 0 aliphatic heterocycles. The first kappa shape index (κ1) is 16.3. The molecule has 1 aromatic heterocycles. The van der Waals surface area contributed by atoms with Gasteiger partial charge in [0.05, 0.1) is 17.2 Å². The van der Waals surface area contributed by atoms with Crippen LogP contribution in [0.15, 0.2) is 64.5 Å². The second-order valence-corrected chi connectivity index (χ2v) is 6.17. The number of nitrogens with one attached hydrogen (secondary N) is 1. The van der Waals surface area contributed by atoms with Crippen LogP contribution in [0, 0.1) is 0 Å². The second kappa shape index (κ2) is 7.31. The van der Waals surface area contributed by atoms with E-state index in [0.29, 0.717) is 17.4 Å². The summed E-state index contributed by atoms with van der Waals surface area (Å²) in [5.41, 5.74) is 1.30. The number of aryl methyl sites for hydroxylation is 1. The third kappa shape index (κ3) is 3.65. The summed E-state index contributed by atoms with van der Waals surface area (Å²) in [6.07, 6.45) is 3.69. The summed E-state index contributed by atoms with van der Waals surface area (Å²) in [6.45, 7) is 0.296. The summed E-state index contributed by atoms with van der Waals surface area (Å²) in [4.78, 5) is 29.8. The minimum atomic E-state index is -0.131. The number of carbonyl (C=O) groups excluding carboxylic acids is 1. The molecule has 1 amide bonds. The fourth-order valence-corrected chi connectivity index (χ4v) is 2.87. The lowest BCUT2D eigenvalue weighted by molar-refractivity contribution is -0.116. The molecule has 5 nitrogen and oxygen atoms in total. The van der Waals surface area contributed by atoms with E-state index in [-0.39, 0.29) is 17.9 Å². The molecule has 0 fully saturated rings. The zero-order valence-electron chi connectivity index (χ0n) is 13.2. The van der Waals surface area contributed by atoms with Crippen molar-refractivity contribution in [3.05, 3.63) is 65.2 Å². The molecule has 24 heavy (non-hydrogen) atoms. The van der Waals surface area contributed by atoms with Gasteiger partial charge in [0.1, 0.15) is 0 Å². The number of hydrogen-bond donors (Lipinski definition) is 1. The lowest BCUT2D eigenvalue weighted by atomic mass is 10.2. The normalized spacial score (nSPS) is 10.7. The molecule has 1 N–H and O–H groups in total. The van der Waals surface area contributed by atoms with Gasteiger partial charge < -0.3 is 5.32 Å². The van der Waals surface area contributed by atoms with Crippen molar-refractivity contribution in [1.29, 1.82) is 0 Å². The molecule has 0 spiro atoms. The monoisotopic (exact) mass is 339 g/mol. The first-order valence-electron chi connectivity index (χ1n) is 7.55. The third-order valence-electron chi connectivity index (χ3n) is 3.66. The largest absolute Gasteiger partial charge is 0.326 e. The first-order chi connectivity index (χ1) is 11.7. The maximum Gasteiger partial charge on any atom is 0.261 e. The van der Waals surface area contributed by atoms with Gasteiger partial charge in [-0.15, -0.1) is 11.8 Å². The highest BCUT2D eigenvalue weighted by Crippen LogP contribution is 2.19. The molecular weight excluding hydrogens is 322 g/mol. The van der Waals surface area contributed by atoms with Gasteiger partial charge in [-0.05, 0) is 36.6 Å². The molecule has 0 aliphatic rings. The second-order valence-electron chi connectivity index (χ2n) is 5.29. The Morgan fingerprint density at radius 2 is 2.04 bits per heavy atom. The molecule has 0 unspecified atom stereocenters. The minimum absolute atomic E-state index is 0.127. The van der Waals surface area contributed by atoms with Crippen molar-refractivity contribution in [2.75, 3.05) is 11.6 Å². The maximum atomic E-state index is 12.4. The highest BCUT2D eigenvalue weighted by atomic mass is 32.2. The van der Waals surface area contributed by atoms with Crippen molar-refractivity contribution in [2.45, 2.75) is 17.9 Å². The molecule has 0 bridgehead atoms. The topological polar surface area (TPSA) is 64.0 Å². The Balaban J connectivity index is 1.68. The average Bonchev–Trinajstić information content (AvgIpc) is 2.61. The summed E-state index contributed by atoms with van der Waals surface area (Å²) < 4.78 is 1.47. The van der Waals surface area contributed by atoms with E-state index >= 15 is 0 Å². The molecule has 6 heteroatoms. The van der Waals surface area contributed by atoms with Crippen LogP contribution in [-0.4, -0.2) is 21.7 Å². The van der Waals surface area contributed by atoms with Gasteiger partial charge in [0.25, 0.3) is 5.56 Å². The molecule has 0 saturated carbocycles. The van der Waals surface area contributed by atoms with E-state index in [9.17, 15) is 9.59 Å². The quantitative estimate of drug-likeness (QED) is 0.725. The molecule has 3 rings (SSSR count). The van der Waals surface area contributed by atoms with Crippen molar-refractivity contribution in [2.24, 2.45) is 0 Å². The summed E-state index contributed by atoms with van der Waals surface area (Å²) in [7, 11) is 0. The van der Waals surface area contributed by atoms with Gasteiger partial charge in [-0.2, -0.15) is 0 Å². The maximum absolute atomic E-state index is 12.4. The zero-order chi connectivity index (χ0) is 16.9. The Hall–Kier alpha value is -2.60. The molecule has 0 atom stereocenters. The van der Waals surface area contributed by atoms with Crippen LogP contribution in [0.5, 0.6) is 0 Å². The standard InChI is InChI=1S/C18H17N3O2S/c1-24-14-6-4-5-13(11-14)20-17(22)9-10-21-12-19-16-8-3-2-7-15(16)18(21)23/h2-8,11-12H,9-10H2,1H3,(H,20,22). The van der Waals surface area contributed by atoms with Crippen molar-refractivity contribution >= 4 is 34.3 Å². The van der Waals surface area contributed by atoms with Gasteiger partial charge in [-0.25, -0.2) is 4.98 Å². The number of benzene rings is 2. The number of amides is 1. The molecule has 0 saturated heterocycles. The van der Waals surface area contributed by atoms with Gasteiger partial charge >= 0.3 is 0 Å². The van der Waals surface area contributed by atoms with Gasteiger partial charge in [0, 0.05) is 23.5 Å². The van der Waals surface area contributed by atoms with Crippen molar-refractivity contribution in [1.82, 2.24) is 9.55 Å². The van der Waals surface area contributed by atoms with Crippen LogP contribution in [0.1, 0.15) is 6.42 Å². The van der Waals surface area contributed by atoms with Crippen molar-refractivity contribution in [3.8, 4) is 0 Å². The fourth-order valence-electron chi connectivity index (χ4n) is 2.41. The predicted octanol–water partition coefficient (Wildman–Crippen LogP) is 3.15. The number of carbonyl (C=O) groups is 1. The smallest absolute Gasteiger partial charge is 0.261 e. The zero-order valence-corrected chi connectivity index (χ0v) is 14.0. The number of hydrogen-bond acceptors (Lipinski definition) is 4. The lowest BCUT2D eigenvalue weighted by Crippen LogP contribution is -2.23. The van der Waals surface area contributed by atoms with Gasteiger partial charge in [-0.1, -0.05) is 18.2 Å². The number of aromatic nitrogens is 2. The van der Waals surface area contributed by atoms with Gasteiger partial charge in [-0.3, -0.25) is 14.2 Å². The van der Waals surface area contributed by atoms with E-state index in [1.165, 1.54) is 10.9 Å². The lowest BCUT2D eigenvalue weighted by Gasteiger charge is -2.08. The Labute approximate surface area is 143 Å². The average molecular weight is 339 g/mol. The number of rotatable bonds is 5. The predicted molar refractivity (Wildman–Crippen MR) is 97.5 cm³/mol. The molecule has 2 aromatic carbocycles.